The Labute approximate surface area is 181 Å². The summed E-state index contributed by atoms with van der Waals surface area (Å²) in [7, 11) is 3.27. The highest BCUT2D eigenvalue weighted by molar-refractivity contribution is 6.02. The molecule has 30 heavy (non-hydrogen) atoms. The summed E-state index contributed by atoms with van der Waals surface area (Å²) >= 11 is 0. The molecule has 0 saturated heterocycles. The molecule has 0 atom stereocenters. The highest BCUT2D eigenvalue weighted by atomic mass is 35.5. The number of hydrogen-bond acceptors (Lipinski definition) is 7. The van der Waals surface area contributed by atoms with Gasteiger partial charge in [0.15, 0.2) is 5.84 Å². The lowest BCUT2D eigenvalue weighted by Gasteiger charge is -2.28. The maximum Gasteiger partial charge on any atom is 0.176 e. The average molecular weight is 422 g/mol. The van der Waals surface area contributed by atoms with Crippen LogP contribution in [0.5, 0.6) is 11.5 Å². The van der Waals surface area contributed by atoms with E-state index in [4.69, 9.17) is 19.8 Å². The molecule has 0 bridgehead atoms. The molecule has 3 aromatic carbocycles. The van der Waals surface area contributed by atoms with Crippen LogP contribution in [-0.4, -0.2) is 20.1 Å². The second-order valence-electron chi connectivity index (χ2n) is 6.25. The first-order valence-electron chi connectivity index (χ1n) is 8.96. The van der Waals surface area contributed by atoms with Crippen LogP contribution in [0.3, 0.4) is 0 Å². The molecule has 8 heteroatoms. The molecule has 0 aliphatic carbocycles. The molecule has 0 unspecified atom stereocenters. The third-order valence-corrected chi connectivity index (χ3v) is 4.50. The Morgan fingerprint density at radius 1 is 0.800 bits per heavy atom. The van der Waals surface area contributed by atoms with Crippen molar-refractivity contribution in [2.24, 2.45) is 5.10 Å². The zero-order valence-electron chi connectivity index (χ0n) is 16.4. The fraction of sp³-hybridized carbons (Fsp3) is 0.0909. The van der Waals surface area contributed by atoms with Gasteiger partial charge in [-0.3, -0.25) is 5.43 Å². The number of hydrazone groups is 1. The Bertz CT molecular complexity index is 1060. The predicted octanol–water partition coefficient (Wildman–Crippen LogP) is 4.11. The second kappa shape index (κ2) is 9.07. The van der Waals surface area contributed by atoms with E-state index >= 15 is 0 Å². The maximum absolute atomic E-state index is 9.03. The molecule has 1 N–H and O–H groups in total. The second-order valence-corrected chi connectivity index (χ2v) is 6.25. The number of rotatable bonds is 5. The van der Waals surface area contributed by atoms with Crippen LogP contribution in [0, 0.1) is 11.3 Å². The van der Waals surface area contributed by atoms with Crippen molar-refractivity contribution in [1.29, 1.82) is 5.26 Å². The lowest BCUT2D eigenvalue weighted by molar-refractivity contribution is 0.414. The SMILES string of the molecule is COc1ccc(N2N=C(c3ccc(C#N)cc3)NN2c2ccc(OC)cc2)cc1.Cl. The molecule has 0 amide bonds. The number of nitrogens with zero attached hydrogens (tertiary/aromatic N) is 4. The lowest BCUT2D eigenvalue weighted by Crippen LogP contribution is -2.44. The van der Waals surface area contributed by atoms with Crippen molar-refractivity contribution in [3.63, 3.8) is 0 Å². The minimum Gasteiger partial charge on any atom is -0.497 e. The van der Waals surface area contributed by atoms with Crippen LogP contribution in [0.2, 0.25) is 0 Å². The average Bonchev–Trinajstić information content (AvgIpc) is 3.24. The highest BCUT2D eigenvalue weighted by Crippen LogP contribution is 2.28. The van der Waals surface area contributed by atoms with Crippen LogP contribution in [0.25, 0.3) is 0 Å². The number of benzene rings is 3. The van der Waals surface area contributed by atoms with Gasteiger partial charge in [-0.25, -0.2) is 0 Å². The standard InChI is InChI=1S/C22H19N5O2.ClH/c1-28-20-11-7-18(8-12-20)26-24-22(17-5-3-16(15-23)4-6-17)25-27(26)19-9-13-21(29-2)14-10-19;/h3-14H,1-2H3,(H,24,25);1H. The Morgan fingerprint density at radius 2 is 1.33 bits per heavy atom. The van der Waals surface area contributed by atoms with E-state index in [1.807, 2.05) is 65.8 Å². The van der Waals surface area contributed by atoms with Gasteiger partial charge in [0.1, 0.15) is 11.5 Å². The lowest BCUT2D eigenvalue weighted by atomic mass is 10.1. The number of methoxy groups -OCH3 is 2. The predicted molar refractivity (Wildman–Crippen MR) is 119 cm³/mol. The normalized spacial score (nSPS) is 12.4. The third kappa shape index (κ3) is 4.09. The van der Waals surface area contributed by atoms with Crippen LogP contribution in [0.1, 0.15) is 11.1 Å². The number of anilines is 2. The quantitative estimate of drug-likeness (QED) is 0.668. The molecule has 0 fully saturated rings. The van der Waals surface area contributed by atoms with E-state index in [1.54, 1.807) is 31.5 Å². The van der Waals surface area contributed by atoms with Crippen LogP contribution in [0.15, 0.2) is 77.9 Å². The maximum atomic E-state index is 9.03. The third-order valence-electron chi connectivity index (χ3n) is 4.50. The molecule has 3 aromatic rings. The number of nitriles is 1. The molecule has 1 aliphatic heterocycles. The Hall–Kier alpha value is -3.89. The molecule has 4 rings (SSSR count). The fourth-order valence-electron chi connectivity index (χ4n) is 2.92. The molecular formula is C22H20ClN5O2. The first-order valence-corrected chi connectivity index (χ1v) is 8.96. The van der Waals surface area contributed by atoms with E-state index < -0.39 is 0 Å². The van der Waals surface area contributed by atoms with Crippen molar-refractivity contribution in [3.8, 4) is 17.6 Å². The number of nitrogens with one attached hydrogen (secondary N) is 1. The number of amidine groups is 1. The van der Waals surface area contributed by atoms with E-state index in [-0.39, 0.29) is 12.4 Å². The van der Waals surface area contributed by atoms with Crippen LogP contribution in [-0.2, 0) is 0 Å². The number of halogens is 1. The summed E-state index contributed by atoms with van der Waals surface area (Å²) < 4.78 is 10.5. The highest BCUT2D eigenvalue weighted by Gasteiger charge is 2.26. The van der Waals surface area contributed by atoms with Gasteiger partial charge >= 0.3 is 0 Å². The number of ether oxygens (including phenoxy) is 2. The van der Waals surface area contributed by atoms with Crippen molar-refractivity contribution in [1.82, 2.24) is 5.43 Å². The van der Waals surface area contributed by atoms with Crippen molar-refractivity contribution < 1.29 is 9.47 Å². The van der Waals surface area contributed by atoms with Gasteiger partial charge < -0.3 is 9.47 Å². The molecule has 1 heterocycles. The van der Waals surface area contributed by atoms with Crippen molar-refractivity contribution in [3.05, 3.63) is 83.9 Å². The van der Waals surface area contributed by atoms with Crippen molar-refractivity contribution in [2.75, 3.05) is 24.5 Å². The molecule has 152 valence electrons. The van der Waals surface area contributed by atoms with Gasteiger partial charge in [-0.05, 0) is 72.8 Å². The Morgan fingerprint density at radius 3 is 1.83 bits per heavy atom. The fourth-order valence-corrected chi connectivity index (χ4v) is 2.92. The van der Waals surface area contributed by atoms with E-state index in [1.165, 1.54) is 0 Å². The summed E-state index contributed by atoms with van der Waals surface area (Å²) in [5, 5.41) is 17.4. The zero-order chi connectivity index (χ0) is 20.2. The number of hydrazine groups is 2. The van der Waals surface area contributed by atoms with Gasteiger partial charge in [-0.1, -0.05) is 0 Å². The van der Waals surface area contributed by atoms with E-state index in [0.29, 0.717) is 11.4 Å². The Kier molecular flexibility index (Phi) is 6.30. The van der Waals surface area contributed by atoms with Crippen LogP contribution >= 0.6 is 12.4 Å². The summed E-state index contributed by atoms with van der Waals surface area (Å²) in [6.45, 7) is 0. The molecule has 0 spiro atoms. The van der Waals surface area contributed by atoms with Crippen molar-refractivity contribution >= 4 is 29.6 Å². The first-order chi connectivity index (χ1) is 14.2. The number of hydrogen-bond donors (Lipinski definition) is 1. The summed E-state index contributed by atoms with van der Waals surface area (Å²) in [4.78, 5) is 0. The van der Waals surface area contributed by atoms with Crippen LogP contribution < -0.4 is 25.1 Å². The van der Waals surface area contributed by atoms with E-state index in [0.717, 1.165) is 28.4 Å². The van der Waals surface area contributed by atoms with Gasteiger partial charge in [-0.2, -0.15) is 15.5 Å². The zero-order valence-corrected chi connectivity index (χ0v) is 17.3. The molecule has 7 nitrogen and oxygen atoms in total. The van der Waals surface area contributed by atoms with E-state index in [9.17, 15) is 0 Å². The van der Waals surface area contributed by atoms with Crippen molar-refractivity contribution in [2.45, 2.75) is 0 Å². The topological polar surface area (TPSA) is 73.1 Å². The largest absolute Gasteiger partial charge is 0.497 e. The van der Waals surface area contributed by atoms with Gasteiger partial charge in [-0.15, -0.1) is 17.5 Å². The Balaban J connectivity index is 0.00000256. The summed E-state index contributed by atoms with van der Waals surface area (Å²) in [6, 6.07) is 24.7. The molecule has 0 saturated carbocycles. The minimum atomic E-state index is 0. The van der Waals surface area contributed by atoms with Gasteiger partial charge in [0.25, 0.3) is 0 Å². The smallest absolute Gasteiger partial charge is 0.176 e. The van der Waals surface area contributed by atoms with Gasteiger partial charge in [0.05, 0.1) is 37.2 Å². The van der Waals surface area contributed by atoms with Gasteiger partial charge in [0.2, 0.25) is 0 Å². The molecule has 0 aromatic heterocycles. The minimum absolute atomic E-state index is 0. The summed E-state index contributed by atoms with van der Waals surface area (Å²) in [5.74, 6) is 2.21. The first kappa shape index (κ1) is 20.8. The van der Waals surface area contributed by atoms with Gasteiger partial charge in [0, 0.05) is 5.56 Å². The molecule has 0 radical (unpaired) electrons. The summed E-state index contributed by atoms with van der Waals surface area (Å²) in [5.41, 5.74) is 6.55. The summed E-state index contributed by atoms with van der Waals surface area (Å²) in [6.07, 6.45) is 0. The molecule has 1 aliphatic rings. The molecular weight excluding hydrogens is 402 g/mol. The van der Waals surface area contributed by atoms with E-state index in [2.05, 4.69) is 11.5 Å². The monoisotopic (exact) mass is 421 g/mol. The van der Waals surface area contributed by atoms with Crippen LogP contribution in [0.4, 0.5) is 11.4 Å².